The van der Waals surface area contributed by atoms with Crippen molar-refractivity contribution in [3.63, 3.8) is 0 Å². The molecule has 0 aliphatic heterocycles. The first-order valence-corrected chi connectivity index (χ1v) is 6.14. The van der Waals surface area contributed by atoms with Gasteiger partial charge in [0.2, 0.25) is 0 Å². The topological polar surface area (TPSA) is 83.8 Å². The van der Waals surface area contributed by atoms with Gasteiger partial charge in [0.15, 0.2) is 5.69 Å². The van der Waals surface area contributed by atoms with Gasteiger partial charge in [0, 0.05) is 16.6 Å². The summed E-state index contributed by atoms with van der Waals surface area (Å²) in [6.07, 6.45) is 3.23. The van der Waals surface area contributed by atoms with E-state index < -0.39 is 0 Å². The Labute approximate surface area is 105 Å². The third kappa shape index (κ3) is 1.72. The summed E-state index contributed by atoms with van der Waals surface area (Å²) in [5, 5.41) is 10.8. The van der Waals surface area contributed by atoms with E-state index in [4.69, 9.17) is 5.73 Å². The molecule has 1 amide bonds. The van der Waals surface area contributed by atoms with Crippen LogP contribution in [-0.2, 0) is 0 Å². The van der Waals surface area contributed by atoms with Gasteiger partial charge in [0.25, 0.3) is 5.91 Å². The van der Waals surface area contributed by atoms with Crippen LogP contribution in [0.4, 0.5) is 5.69 Å². The molecule has 1 aliphatic carbocycles. The Morgan fingerprint density at radius 2 is 2.28 bits per heavy atom. The van der Waals surface area contributed by atoms with Crippen LogP contribution in [0.15, 0.2) is 18.2 Å². The predicted octanol–water partition coefficient (Wildman–Crippen LogP) is 1.82. The summed E-state index contributed by atoms with van der Waals surface area (Å²) in [6.45, 7) is 2.07. The molecular formula is C13H16N4O. The van der Waals surface area contributed by atoms with Gasteiger partial charge in [-0.25, -0.2) is 0 Å². The molecule has 0 atom stereocenters. The van der Waals surface area contributed by atoms with E-state index in [9.17, 15) is 4.79 Å². The summed E-state index contributed by atoms with van der Waals surface area (Å²) in [5.41, 5.74) is 7.56. The van der Waals surface area contributed by atoms with E-state index >= 15 is 0 Å². The molecule has 0 spiro atoms. The first-order valence-electron chi connectivity index (χ1n) is 6.14. The van der Waals surface area contributed by atoms with E-state index in [1.54, 1.807) is 12.1 Å². The summed E-state index contributed by atoms with van der Waals surface area (Å²) in [4.78, 5) is 12.2. The largest absolute Gasteiger partial charge is 0.399 e. The van der Waals surface area contributed by atoms with Gasteiger partial charge < -0.3 is 11.1 Å². The second-order valence-corrected chi connectivity index (χ2v) is 5.25. The van der Waals surface area contributed by atoms with Crippen LogP contribution in [0.25, 0.3) is 10.9 Å². The highest BCUT2D eigenvalue weighted by atomic mass is 16.2. The molecule has 5 nitrogen and oxygen atoms in total. The number of nitrogens with zero attached hydrogens (tertiary/aromatic N) is 1. The molecular weight excluding hydrogens is 228 g/mol. The van der Waals surface area contributed by atoms with Crippen LogP contribution >= 0.6 is 0 Å². The maximum atomic E-state index is 12.2. The van der Waals surface area contributed by atoms with E-state index in [1.165, 1.54) is 6.42 Å². The van der Waals surface area contributed by atoms with Gasteiger partial charge >= 0.3 is 0 Å². The average molecular weight is 244 g/mol. The number of H-pyrrole nitrogens is 1. The number of nitrogens with two attached hydrogens (primary N) is 1. The van der Waals surface area contributed by atoms with Crippen LogP contribution in [0.1, 0.15) is 36.7 Å². The average Bonchev–Trinajstić information content (AvgIpc) is 2.69. The molecule has 4 N–H and O–H groups in total. The van der Waals surface area contributed by atoms with Gasteiger partial charge in [0.1, 0.15) is 0 Å². The highest BCUT2D eigenvalue weighted by molar-refractivity contribution is 6.05. The van der Waals surface area contributed by atoms with Gasteiger partial charge in [-0.2, -0.15) is 5.10 Å². The van der Waals surface area contributed by atoms with E-state index in [1.807, 2.05) is 6.07 Å². The van der Waals surface area contributed by atoms with Gasteiger partial charge in [0.05, 0.1) is 5.52 Å². The van der Waals surface area contributed by atoms with Gasteiger partial charge in [-0.05, 0) is 44.4 Å². The van der Waals surface area contributed by atoms with E-state index in [0.717, 1.165) is 23.7 Å². The summed E-state index contributed by atoms with van der Waals surface area (Å²) in [5.74, 6) is -0.131. The van der Waals surface area contributed by atoms with Crippen LogP contribution in [0.2, 0.25) is 0 Å². The maximum Gasteiger partial charge on any atom is 0.272 e. The lowest BCUT2D eigenvalue weighted by Gasteiger charge is -2.38. The summed E-state index contributed by atoms with van der Waals surface area (Å²) in [7, 11) is 0. The first kappa shape index (κ1) is 11.1. The lowest BCUT2D eigenvalue weighted by molar-refractivity contribution is 0.0847. The Balaban J connectivity index is 1.93. The Kier molecular flexibility index (Phi) is 2.29. The molecule has 5 heteroatoms. The van der Waals surface area contributed by atoms with Crippen LogP contribution < -0.4 is 11.1 Å². The highest BCUT2D eigenvalue weighted by Gasteiger charge is 2.34. The zero-order chi connectivity index (χ0) is 12.8. The second kappa shape index (κ2) is 3.73. The smallest absolute Gasteiger partial charge is 0.272 e. The van der Waals surface area contributed by atoms with E-state index in [-0.39, 0.29) is 11.4 Å². The normalized spacial score (nSPS) is 17.4. The standard InChI is InChI=1S/C13H16N4O/c1-13(5-2-6-13)15-12(18)11-9-7-8(14)3-4-10(9)16-17-11/h3-4,7H,2,5-6,14H2,1H3,(H,15,18)(H,16,17). The first-order chi connectivity index (χ1) is 8.57. The fraction of sp³-hybridized carbons (Fsp3) is 0.385. The van der Waals surface area contributed by atoms with Crippen molar-refractivity contribution in [2.75, 3.05) is 5.73 Å². The van der Waals surface area contributed by atoms with E-state index in [2.05, 4.69) is 22.4 Å². The van der Waals surface area contributed by atoms with Crippen molar-refractivity contribution in [1.82, 2.24) is 15.5 Å². The fourth-order valence-electron chi connectivity index (χ4n) is 2.37. The zero-order valence-corrected chi connectivity index (χ0v) is 10.3. The minimum atomic E-state index is -0.131. The van der Waals surface area contributed by atoms with Gasteiger partial charge in [-0.1, -0.05) is 0 Å². The molecule has 1 aromatic carbocycles. The number of carbonyl (C=O) groups excluding carboxylic acids is 1. The molecule has 1 aliphatic rings. The molecule has 0 unspecified atom stereocenters. The molecule has 94 valence electrons. The predicted molar refractivity (Wildman–Crippen MR) is 70.2 cm³/mol. The minimum absolute atomic E-state index is 0.0668. The number of fused-ring (bicyclic) bond motifs is 1. The lowest BCUT2D eigenvalue weighted by atomic mass is 9.78. The number of anilines is 1. The number of benzene rings is 1. The van der Waals surface area contributed by atoms with Crippen molar-refractivity contribution >= 4 is 22.5 Å². The van der Waals surface area contributed by atoms with E-state index in [0.29, 0.717) is 11.4 Å². The van der Waals surface area contributed by atoms with Crippen molar-refractivity contribution in [2.24, 2.45) is 0 Å². The van der Waals surface area contributed by atoms with Crippen LogP contribution in [-0.4, -0.2) is 21.6 Å². The molecule has 18 heavy (non-hydrogen) atoms. The van der Waals surface area contributed by atoms with Gasteiger partial charge in [-0.3, -0.25) is 9.89 Å². The van der Waals surface area contributed by atoms with Crippen LogP contribution in [0, 0.1) is 0 Å². The maximum absolute atomic E-state index is 12.2. The number of amides is 1. The van der Waals surface area contributed by atoms with Crippen LogP contribution in [0.5, 0.6) is 0 Å². The summed E-state index contributed by atoms with van der Waals surface area (Å²) < 4.78 is 0. The zero-order valence-electron chi connectivity index (χ0n) is 10.3. The summed E-state index contributed by atoms with van der Waals surface area (Å²) in [6, 6.07) is 5.39. The highest BCUT2D eigenvalue weighted by Crippen LogP contribution is 2.31. The van der Waals surface area contributed by atoms with Crippen molar-refractivity contribution in [3.8, 4) is 0 Å². The number of nitrogen functional groups attached to an aromatic ring is 1. The number of aromatic amines is 1. The number of aromatic nitrogens is 2. The number of hydrogen-bond donors (Lipinski definition) is 3. The van der Waals surface area contributed by atoms with Crippen molar-refractivity contribution in [1.29, 1.82) is 0 Å². The summed E-state index contributed by atoms with van der Waals surface area (Å²) >= 11 is 0. The monoisotopic (exact) mass is 244 g/mol. The molecule has 1 saturated carbocycles. The minimum Gasteiger partial charge on any atom is -0.399 e. The lowest BCUT2D eigenvalue weighted by Crippen LogP contribution is -2.51. The Morgan fingerprint density at radius 3 is 2.94 bits per heavy atom. The Hall–Kier alpha value is -2.04. The number of rotatable bonds is 2. The molecule has 3 rings (SSSR count). The number of nitrogens with one attached hydrogen (secondary N) is 2. The van der Waals surface area contributed by atoms with Crippen molar-refractivity contribution in [2.45, 2.75) is 31.7 Å². The second-order valence-electron chi connectivity index (χ2n) is 5.25. The quantitative estimate of drug-likeness (QED) is 0.704. The van der Waals surface area contributed by atoms with Crippen molar-refractivity contribution in [3.05, 3.63) is 23.9 Å². The molecule has 0 bridgehead atoms. The molecule has 0 saturated heterocycles. The third-order valence-electron chi connectivity index (χ3n) is 3.67. The molecule has 2 aromatic rings. The third-order valence-corrected chi connectivity index (χ3v) is 3.67. The van der Waals surface area contributed by atoms with Gasteiger partial charge in [-0.15, -0.1) is 0 Å². The fourth-order valence-corrected chi connectivity index (χ4v) is 2.37. The number of carbonyl (C=O) groups is 1. The molecule has 1 aromatic heterocycles. The Bertz CT molecular complexity index is 612. The molecule has 0 radical (unpaired) electrons. The van der Waals surface area contributed by atoms with Crippen molar-refractivity contribution < 1.29 is 4.79 Å². The molecule has 1 fully saturated rings. The van der Waals surface area contributed by atoms with Crippen LogP contribution in [0.3, 0.4) is 0 Å². The SMILES string of the molecule is CC1(NC(=O)c2n[nH]c3ccc(N)cc23)CCC1. The number of hydrogen-bond acceptors (Lipinski definition) is 3. The Morgan fingerprint density at radius 1 is 1.50 bits per heavy atom. The molecule has 1 heterocycles.